The Balaban J connectivity index is 0.00000147. The monoisotopic (exact) mass is 298 g/mol. The zero-order valence-electron chi connectivity index (χ0n) is 11.6. The van der Waals surface area contributed by atoms with Crippen molar-refractivity contribution >= 4 is 18.3 Å². The van der Waals surface area contributed by atoms with Crippen molar-refractivity contribution < 1.29 is 9.18 Å². The Morgan fingerprint density at radius 2 is 2.05 bits per heavy atom. The van der Waals surface area contributed by atoms with E-state index in [2.05, 4.69) is 5.32 Å². The van der Waals surface area contributed by atoms with E-state index in [-0.39, 0.29) is 24.1 Å². The molecule has 5 heteroatoms. The van der Waals surface area contributed by atoms with E-state index in [0.717, 1.165) is 25.9 Å². The number of benzene rings is 1. The second-order valence-corrected chi connectivity index (χ2v) is 5.64. The lowest BCUT2D eigenvalue weighted by Crippen LogP contribution is -2.39. The van der Waals surface area contributed by atoms with Crippen LogP contribution < -0.4 is 5.32 Å². The summed E-state index contributed by atoms with van der Waals surface area (Å²) in [6, 6.07) is 5.61. The van der Waals surface area contributed by atoms with Crippen LogP contribution in [0.5, 0.6) is 0 Å². The van der Waals surface area contributed by atoms with Gasteiger partial charge in [-0.05, 0) is 49.9 Å². The number of nitrogens with zero attached hydrogens (tertiary/aromatic N) is 1. The highest BCUT2D eigenvalue weighted by atomic mass is 35.5. The molecule has 2 aliphatic heterocycles. The van der Waals surface area contributed by atoms with Gasteiger partial charge < -0.3 is 10.2 Å². The Morgan fingerprint density at radius 1 is 1.30 bits per heavy atom. The van der Waals surface area contributed by atoms with Gasteiger partial charge in [0.15, 0.2) is 0 Å². The molecule has 0 spiro atoms. The van der Waals surface area contributed by atoms with Crippen molar-refractivity contribution in [3.8, 4) is 0 Å². The second-order valence-electron chi connectivity index (χ2n) is 5.64. The van der Waals surface area contributed by atoms with E-state index >= 15 is 0 Å². The highest BCUT2D eigenvalue weighted by Gasteiger charge is 2.31. The molecule has 0 saturated carbocycles. The van der Waals surface area contributed by atoms with Gasteiger partial charge in [-0.25, -0.2) is 4.39 Å². The van der Waals surface area contributed by atoms with Gasteiger partial charge in [0.2, 0.25) is 0 Å². The summed E-state index contributed by atoms with van der Waals surface area (Å²) >= 11 is 0. The molecule has 110 valence electrons. The molecule has 2 bridgehead atoms. The van der Waals surface area contributed by atoms with Gasteiger partial charge in [0.05, 0.1) is 0 Å². The summed E-state index contributed by atoms with van der Waals surface area (Å²) < 4.78 is 13.3. The number of likely N-dealkylation sites (tertiary alicyclic amines) is 1. The van der Waals surface area contributed by atoms with Gasteiger partial charge in [0.25, 0.3) is 5.91 Å². The molecular formula is C15H20ClFN2O. The Kier molecular flexibility index (Phi) is 4.66. The normalized spacial score (nSPS) is 25.0. The molecule has 0 radical (unpaired) electrons. The minimum atomic E-state index is -0.256. The Bertz CT molecular complexity index is 509. The number of carbonyl (C=O) groups excluding carboxylic acids is 1. The number of hydrogen-bond acceptors (Lipinski definition) is 2. The first-order valence-corrected chi connectivity index (χ1v) is 6.95. The summed E-state index contributed by atoms with van der Waals surface area (Å²) in [5.74, 6) is -0.231. The minimum Gasteiger partial charge on any atom is -0.337 e. The highest BCUT2D eigenvalue weighted by molar-refractivity contribution is 5.94. The lowest BCUT2D eigenvalue weighted by molar-refractivity contribution is 0.0748. The minimum absolute atomic E-state index is 0. The average Bonchev–Trinajstić information content (AvgIpc) is 2.72. The fourth-order valence-corrected chi connectivity index (χ4v) is 3.09. The molecule has 2 heterocycles. The summed E-state index contributed by atoms with van der Waals surface area (Å²) in [5.41, 5.74) is 1.12. The molecule has 2 fully saturated rings. The van der Waals surface area contributed by atoms with E-state index in [4.69, 9.17) is 0 Å². The van der Waals surface area contributed by atoms with E-state index < -0.39 is 0 Å². The summed E-state index contributed by atoms with van der Waals surface area (Å²) in [6.07, 6.45) is 3.39. The molecule has 3 rings (SSSR count). The Morgan fingerprint density at radius 3 is 2.80 bits per heavy atom. The van der Waals surface area contributed by atoms with Gasteiger partial charge >= 0.3 is 0 Å². The number of hydrogen-bond donors (Lipinski definition) is 1. The lowest BCUT2D eigenvalue weighted by atomic mass is 10.1. The number of rotatable bonds is 1. The van der Waals surface area contributed by atoms with Gasteiger partial charge in [-0.3, -0.25) is 4.79 Å². The van der Waals surface area contributed by atoms with Crippen LogP contribution in [0.15, 0.2) is 18.2 Å². The predicted octanol–water partition coefficient (Wildman–Crippen LogP) is 2.52. The first-order valence-electron chi connectivity index (χ1n) is 6.95. The molecule has 1 aromatic carbocycles. The quantitative estimate of drug-likeness (QED) is 0.864. The SMILES string of the molecule is Cc1cc(C(=O)N2CCC3CCC(C2)N3)ccc1F.Cl. The Labute approximate surface area is 124 Å². The fraction of sp³-hybridized carbons (Fsp3) is 0.533. The zero-order chi connectivity index (χ0) is 13.4. The van der Waals surface area contributed by atoms with E-state index in [1.54, 1.807) is 19.1 Å². The number of carbonyl (C=O) groups is 1. The van der Waals surface area contributed by atoms with Gasteiger partial charge in [-0.15, -0.1) is 12.4 Å². The van der Waals surface area contributed by atoms with Gasteiger partial charge in [0, 0.05) is 30.7 Å². The van der Waals surface area contributed by atoms with Crippen LogP contribution in [0.1, 0.15) is 35.2 Å². The standard InChI is InChI=1S/C15H19FN2O.ClH/c1-10-8-11(2-5-14(10)16)15(19)18-7-6-12-3-4-13(9-18)17-12;/h2,5,8,12-13,17H,3-4,6-7,9H2,1H3;1H. The number of halogens is 2. The van der Waals surface area contributed by atoms with Crippen LogP contribution in [0.4, 0.5) is 4.39 Å². The molecule has 0 aromatic heterocycles. The maximum Gasteiger partial charge on any atom is 0.253 e. The van der Waals surface area contributed by atoms with Crippen molar-refractivity contribution in [2.45, 2.75) is 38.3 Å². The van der Waals surface area contributed by atoms with E-state index in [9.17, 15) is 9.18 Å². The lowest BCUT2D eigenvalue weighted by Gasteiger charge is -2.24. The highest BCUT2D eigenvalue weighted by Crippen LogP contribution is 2.22. The number of fused-ring (bicyclic) bond motifs is 2. The summed E-state index contributed by atoms with van der Waals surface area (Å²) in [4.78, 5) is 14.4. The molecule has 2 atom stereocenters. The Hall–Kier alpha value is -1.13. The van der Waals surface area contributed by atoms with Crippen LogP contribution in [0, 0.1) is 12.7 Å². The number of amides is 1. The fourth-order valence-electron chi connectivity index (χ4n) is 3.09. The van der Waals surface area contributed by atoms with Crippen LogP contribution >= 0.6 is 12.4 Å². The van der Waals surface area contributed by atoms with Gasteiger partial charge in [-0.2, -0.15) is 0 Å². The molecule has 0 aliphatic carbocycles. The molecule has 1 N–H and O–H groups in total. The molecule has 2 unspecified atom stereocenters. The molecule has 1 aromatic rings. The van der Waals surface area contributed by atoms with Crippen molar-refractivity contribution in [3.63, 3.8) is 0 Å². The smallest absolute Gasteiger partial charge is 0.253 e. The summed E-state index contributed by atoms with van der Waals surface area (Å²) in [6.45, 7) is 3.26. The third-order valence-electron chi connectivity index (χ3n) is 4.22. The molecule has 1 amide bonds. The van der Waals surface area contributed by atoms with Gasteiger partial charge in [0.1, 0.15) is 5.82 Å². The van der Waals surface area contributed by atoms with E-state index in [1.165, 1.54) is 12.5 Å². The molecule has 20 heavy (non-hydrogen) atoms. The third-order valence-corrected chi connectivity index (χ3v) is 4.22. The second kappa shape index (κ2) is 6.10. The molecular weight excluding hydrogens is 279 g/mol. The molecule has 2 saturated heterocycles. The predicted molar refractivity (Wildman–Crippen MR) is 78.9 cm³/mol. The summed E-state index contributed by atoms with van der Waals surface area (Å²) in [5, 5.41) is 3.56. The van der Waals surface area contributed by atoms with Crippen molar-refractivity contribution in [2.75, 3.05) is 13.1 Å². The molecule has 2 aliphatic rings. The topological polar surface area (TPSA) is 32.3 Å². The van der Waals surface area contributed by atoms with Crippen LogP contribution in [0.3, 0.4) is 0 Å². The van der Waals surface area contributed by atoms with Crippen molar-refractivity contribution in [1.82, 2.24) is 10.2 Å². The maximum absolute atomic E-state index is 13.3. The first-order chi connectivity index (χ1) is 9.13. The number of aryl methyl sites for hydroxylation is 1. The van der Waals surface area contributed by atoms with Crippen molar-refractivity contribution in [3.05, 3.63) is 35.1 Å². The van der Waals surface area contributed by atoms with Crippen LogP contribution in [-0.2, 0) is 0 Å². The average molecular weight is 299 g/mol. The first kappa shape index (κ1) is 15.3. The number of nitrogens with one attached hydrogen (secondary N) is 1. The van der Waals surface area contributed by atoms with Crippen molar-refractivity contribution in [1.29, 1.82) is 0 Å². The summed E-state index contributed by atoms with van der Waals surface area (Å²) in [7, 11) is 0. The third kappa shape index (κ3) is 2.96. The zero-order valence-corrected chi connectivity index (χ0v) is 12.4. The van der Waals surface area contributed by atoms with Crippen LogP contribution in [-0.4, -0.2) is 36.0 Å². The van der Waals surface area contributed by atoms with Gasteiger partial charge in [-0.1, -0.05) is 0 Å². The largest absolute Gasteiger partial charge is 0.337 e. The van der Waals surface area contributed by atoms with E-state index in [1.807, 2.05) is 4.90 Å². The van der Waals surface area contributed by atoms with Crippen LogP contribution in [0.2, 0.25) is 0 Å². The van der Waals surface area contributed by atoms with Crippen molar-refractivity contribution in [2.24, 2.45) is 0 Å². The maximum atomic E-state index is 13.3. The van der Waals surface area contributed by atoms with E-state index in [0.29, 0.717) is 23.2 Å². The van der Waals surface area contributed by atoms with Crippen LogP contribution in [0.25, 0.3) is 0 Å². The molecule has 3 nitrogen and oxygen atoms in total.